The van der Waals surface area contributed by atoms with Crippen molar-refractivity contribution in [1.29, 1.82) is 0 Å². The summed E-state index contributed by atoms with van der Waals surface area (Å²) in [6, 6.07) is 9.11. The van der Waals surface area contributed by atoms with Crippen LogP contribution >= 0.6 is 0 Å². The molecule has 6 rings (SSSR count). The quantitative estimate of drug-likeness (QED) is 0.471. The first-order valence-electron chi connectivity index (χ1n) is 12.9. The number of ketones is 1. The van der Waals surface area contributed by atoms with Gasteiger partial charge in [-0.1, -0.05) is 11.6 Å². The van der Waals surface area contributed by atoms with Crippen LogP contribution in [0.15, 0.2) is 79.0 Å². The summed E-state index contributed by atoms with van der Waals surface area (Å²) in [6.07, 6.45) is 7.31. The Labute approximate surface area is 214 Å². The van der Waals surface area contributed by atoms with Crippen LogP contribution in [-0.2, 0) is 14.3 Å². The second kappa shape index (κ2) is 9.21. The number of nitrogens with one attached hydrogen (secondary N) is 1. The van der Waals surface area contributed by atoms with E-state index in [0.717, 1.165) is 37.0 Å². The van der Waals surface area contributed by atoms with E-state index in [-0.39, 0.29) is 35.2 Å². The largest absolute Gasteiger partial charge is 0.469 e. The highest BCUT2D eigenvalue weighted by molar-refractivity contribution is 6.04. The molecule has 0 bridgehead atoms. The number of allylic oxidation sites excluding steroid dienone is 3. The predicted molar refractivity (Wildman–Crippen MR) is 137 cm³/mol. The molecular formula is C30H29NO6. The Balaban J connectivity index is 1.49. The maximum atomic E-state index is 13.8. The van der Waals surface area contributed by atoms with Crippen molar-refractivity contribution in [3.05, 3.63) is 92.5 Å². The van der Waals surface area contributed by atoms with Crippen LogP contribution in [0.2, 0.25) is 0 Å². The van der Waals surface area contributed by atoms with E-state index in [0.29, 0.717) is 39.9 Å². The van der Waals surface area contributed by atoms with Crippen LogP contribution in [0.5, 0.6) is 0 Å². The van der Waals surface area contributed by atoms with Crippen molar-refractivity contribution in [3.8, 4) is 0 Å². The van der Waals surface area contributed by atoms with Crippen molar-refractivity contribution in [2.24, 2.45) is 0 Å². The molecular weight excluding hydrogens is 470 g/mol. The molecule has 1 fully saturated rings. The minimum absolute atomic E-state index is 0.121. The van der Waals surface area contributed by atoms with Gasteiger partial charge in [0.15, 0.2) is 11.2 Å². The second-order valence-electron chi connectivity index (χ2n) is 10.4. The molecule has 37 heavy (non-hydrogen) atoms. The third-order valence-electron chi connectivity index (χ3n) is 7.83. The number of ether oxygens (including phenoxy) is 1. The van der Waals surface area contributed by atoms with Gasteiger partial charge in [0.05, 0.1) is 29.4 Å². The molecule has 2 aliphatic carbocycles. The second-order valence-corrected chi connectivity index (χ2v) is 10.4. The van der Waals surface area contributed by atoms with E-state index >= 15 is 0 Å². The summed E-state index contributed by atoms with van der Waals surface area (Å²) in [5.74, 6) is -0.853. The normalized spacial score (nSPS) is 22.4. The molecule has 1 N–H and O–H groups in total. The van der Waals surface area contributed by atoms with E-state index in [1.165, 1.54) is 6.26 Å². The number of esters is 1. The molecule has 1 saturated carbocycles. The van der Waals surface area contributed by atoms with Crippen LogP contribution in [0.25, 0.3) is 11.0 Å². The van der Waals surface area contributed by atoms with E-state index in [2.05, 4.69) is 5.32 Å². The molecule has 0 radical (unpaired) electrons. The van der Waals surface area contributed by atoms with Crippen molar-refractivity contribution < 1.29 is 23.2 Å². The first-order chi connectivity index (χ1) is 17.9. The molecule has 0 spiro atoms. The summed E-state index contributed by atoms with van der Waals surface area (Å²) in [7, 11) is 0. The predicted octanol–water partition coefficient (Wildman–Crippen LogP) is 5.54. The van der Waals surface area contributed by atoms with Gasteiger partial charge in [0.2, 0.25) is 0 Å². The highest BCUT2D eigenvalue weighted by Crippen LogP contribution is 2.45. The molecule has 0 amide bonds. The maximum Gasteiger partial charge on any atom is 0.337 e. The van der Waals surface area contributed by atoms with E-state index in [4.69, 9.17) is 13.6 Å². The van der Waals surface area contributed by atoms with Crippen LogP contribution in [0, 0.1) is 6.92 Å². The summed E-state index contributed by atoms with van der Waals surface area (Å²) in [5.41, 5.74) is 3.44. The SMILES string of the molecule is CC1=C(C(=O)OC2CCCC2)[C@H](c2coc3ccc(C)cc3c2=O)C2=C(C[C@H](c3ccco3)CC2=O)N1. The van der Waals surface area contributed by atoms with Crippen LogP contribution < -0.4 is 10.7 Å². The molecule has 1 aliphatic heterocycles. The average Bonchev–Trinajstić information content (AvgIpc) is 3.58. The number of hydrogen-bond donors (Lipinski definition) is 1. The Hall–Kier alpha value is -3.87. The van der Waals surface area contributed by atoms with E-state index in [1.807, 2.05) is 25.1 Å². The van der Waals surface area contributed by atoms with Gasteiger partial charge in [-0.15, -0.1) is 0 Å². The number of aryl methyl sites for hydroxylation is 1. The monoisotopic (exact) mass is 499 g/mol. The number of benzene rings is 1. The van der Waals surface area contributed by atoms with Gasteiger partial charge < -0.3 is 18.9 Å². The Bertz CT molecular complexity index is 1520. The Morgan fingerprint density at radius 3 is 2.62 bits per heavy atom. The first-order valence-corrected chi connectivity index (χ1v) is 12.9. The summed E-state index contributed by atoms with van der Waals surface area (Å²) in [4.78, 5) is 41.2. The zero-order valence-corrected chi connectivity index (χ0v) is 21.0. The lowest BCUT2D eigenvalue weighted by molar-refractivity contribution is -0.144. The fraction of sp³-hybridized carbons (Fsp3) is 0.367. The fourth-order valence-electron chi connectivity index (χ4n) is 6.03. The van der Waals surface area contributed by atoms with Crippen LogP contribution in [-0.4, -0.2) is 17.9 Å². The van der Waals surface area contributed by atoms with Gasteiger partial charge in [0.1, 0.15) is 17.4 Å². The van der Waals surface area contributed by atoms with Crippen LogP contribution in [0.3, 0.4) is 0 Å². The number of carbonyl (C=O) groups is 2. The molecule has 1 aromatic carbocycles. The lowest BCUT2D eigenvalue weighted by Crippen LogP contribution is -2.38. The zero-order chi connectivity index (χ0) is 25.7. The summed E-state index contributed by atoms with van der Waals surface area (Å²) >= 11 is 0. The third-order valence-corrected chi connectivity index (χ3v) is 7.83. The van der Waals surface area contributed by atoms with E-state index in [9.17, 15) is 14.4 Å². The number of dihydropyridines is 1. The third kappa shape index (κ3) is 4.12. The maximum absolute atomic E-state index is 13.8. The molecule has 3 heterocycles. The van der Waals surface area contributed by atoms with Crippen molar-refractivity contribution in [2.45, 2.75) is 70.3 Å². The number of rotatable bonds is 4. The highest BCUT2D eigenvalue weighted by Gasteiger charge is 2.43. The molecule has 0 unspecified atom stereocenters. The zero-order valence-electron chi connectivity index (χ0n) is 21.0. The van der Waals surface area contributed by atoms with Crippen molar-refractivity contribution in [2.75, 3.05) is 0 Å². The lowest BCUT2D eigenvalue weighted by atomic mass is 9.72. The minimum Gasteiger partial charge on any atom is -0.469 e. The average molecular weight is 500 g/mol. The fourth-order valence-corrected chi connectivity index (χ4v) is 6.03. The Kier molecular flexibility index (Phi) is 5.86. The molecule has 7 nitrogen and oxygen atoms in total. The van der Waals surface area contributed by atoms with Gasteiger partial charge in [-0.2, -0.15) is 0 Å². The summed E-state index contributed by atoms with van der Waals surface area (Å²) in [5, 5.41) is 3.75. The molecule has 190 valence electrons. The van der Waals surface area contributed by atoms with Crippen LogP contribution in [0.1, 0.15) is 74.2 Å². The van der Waals surface area contributed by atoms with Gasteiger partial charge in [-0.05, 0) is 70.2 Å². The van der Waals surface area contributed by atoms with Gasteiger partial charge >= 0.3 is 5.97 Å². The van der Waals surface area contributed by atoms with E-state index < -0.39 is 11.9 Å². The topological polar surface area (TPSA) is 98.8 Å². The summed E-state index contributed by atoms with van der Waals surface area (Å²) < 4.78 is 17.4. The highest BCUT2D eigenvalue weighted by atomic mass is 16.5. The van der Waals surface area contributed by atoms with Gasteiger partial charge in [0, 0.05) is 34.9 Å². The summed E-state index contributed by atoms with van der Waals surface area (Å²) in [6.45, 7) is 3.71. The van der Waals surface area contributed by atoms with Crippen molar-refractivity contribution in [1.82, 2.24) is 5.32 Å². The van der Waals surface area contributed by atoms with Gasteiger partial charge in [-0.3, -0.25) is 9.59 Å². The number of furan rings is 1. The Morgan fingerprint density at radius 2 is 1.86 bits per heavy atom. The van der Waals surface area contributed by atoms with E-state index in [1.54, 1.807) is 25.3 Å². The molecule has 3 aromatic rings. The van der Waals surface area contributed by atoms with Crippen molar-refractivity contribution >= 4 is 22.7 Å². The van der Waals surface area contributed by atoms with Gasteiger partial charge in [0.25, 0.3) is 0 Å². The first kappa shape index (κ1) is 23.5. The number of fused-ring (bicyclic) bond motifs is 1. The van der Waals surface area contributed by atoms with Crippen molar-refractivity contribution in [3.63, 3.8) is 0 Å². The van der Waals surface area contributed by atoms with Gasteiger partial charge in [-0.25, -0.2) is 4.79 Å². The minimum atomic E-state index is -0.864. The molecule has 2 aromatic heterocycles. The molecule has 7 heteroatoms. The molecule has 2 atom stereocenters. The molecule has 0 saturated heterocycles. The number of Topliss-reactive ketones (excluding diaryl/α,β-unsaturated/α-hetero) is 1. The van der Waals surface area contributed by atoms with Crippen LogP contribution in [0.4, 0.5) is 0 Å². The number of hydrogen-bond acceptors (Lipinski definition) is 7. The Morgan fingerprint density at radius 1 is 1.05 bits per heavy atom. The lowest BCUT2D eigenvalue weighted by Gasteiger charge is -2.36. The molecule has 3 aliphatic rings. The number of carbonyl (C=O) groups excluding carboxylic acids is 2. The smallest absolute Gasteiger partial charge is 0.337 e. The standard InChI is InChI=1S/C30H29NO6/c1-16-9-10-25-20(12-16)29(33)21(15-36-25)27-26(30(34)37-19-6-3-4-7-19)17(2)31-22-13-18(14-23(32)28(22)27)24-8-5-11-35-24/h5,8-12,15,18-19,27,31H,3-4,6-7,13-14H2,1-2H3/t18-,27-/m0/s1.